The number of hydrogen-bond donors (Lipinski definition) is 0. The van der Waals surface area contributed by atoms with Gasteiger partial charge in [0.15, 0.2) is 0 Å². The van der Waals surface area contributed by atoms with Crippen molar-refractivity contribution in [3.8, 4) is 22.4 Å². The van der Waals surface area contributed by atoms with Gasteiger partial charge in [-0.2, -0.15) is 5.10 Å². The Hall–Kier alpha value is -3.10. The van der Waals surface area contributed by atoms with E-state index in [4.69, 9.17) is 16.7 Å². The molecule has 0 aliphatic carbocycles. The fourth-order valence-electron chi connectivity index (χ4n) is 3.49. The molecule has 5 aromatic rings. The molecule has 2 aromatic heterocycles. The van der Waals surface area contributed by atoms with Crippen molar-refractivity contribution >= 4 is 27.9 Å². The Balaban J connectivity index is 1.90. The first-order valence-corrected chi connectivity index (χ1v) is 8.90. The summed E-state index contributed by atoms with van der Waals surface area (Å²) < 4.78 is 2.04. The molecule has 0 saturated carbocycles. The van der Waals surface area contributed by atoms with Crippen LogP contribution in [0.25, 0.3) is 38.7 Å². The van der Waals surface area contributed by atoms with Gasteiger partial charge in [-0.1, -0.05) is 78.3 Å². The molecule has 0 saturated heterocycles. The lowest BCUT2D eigenvalue weighted by Gasteiger charge is -2.10. The molecule has 3 heteroatoms. The van der Waals surface area contributed by atoms with Crippen LogP contribution in [0.3, 0.4) is 0 Å². The quantitative estimate of drug-likeness (QED) is 0.355. The van der Waals surface area contributed by atoms with E-state index in [1.165, 1.54) is 10.8 Å². The maximum absolute atomic E-state index is 6.07. The Morgan fingerprint density at radius 2 is 1.46 bits per heavy atom. The van der Waals surface area contributed by atoms with Crippen LogP contribution in [0.4, 0.5) is 0 Å². The molecule has 0 aliphatic heterocycles. The zero-order chi connectivity index (χ0) is 17.5. The second-order valence-corrected chi connectivity index (χ2v) is 6.74. The van der Waals surface area contributed by atoms with Crippen LogP contribution in [0.2, 0.25) is 5.02 Å². The number of pyridine rings is 1. The van der Waals surface area contributed by atoms with Crippen molar-refractivity contribution in [2.45, 2.75) is 0 Å². The van der Waals surface area contributed by atoms with Gasteiger partial charge in [-0.15, -0.1) is 0 Å². The van der Waals surface area contributed by atoms with Gasteiger partial charge in [0.1, 0.15) is 0 Å². The number of nitrogens with zero attached hydrogens (tertiary/aromatic N) is 2. The molecule has 26 heavy (non-hydrogen) atoms. The maximum atomic E-state index is 6.07. The number of hydrogen-bond acceptors (Lipinski definition) is 1. The van der Waals surface area contributed by atoms with Gasteiger partial charge in [0.2, 0.25) is 0 Å². The summed E-state index contributed by atoms with van der Waals surface area (Å²) >= 11 is 6.07. The highest BCUT2D eigenvalue weighted by molar-refractivity contribution is 6.30. The minimum Gasteiger partial charge on any atom is -0.232 e. The summed E-state index contributed by atoms with van der Waals surface area (Å²) in [5, 5.41) is 7.86. The molecule has 0 fully saturated rings. The van der Waals surface area contributed by atoms with Crippen molar-refractivity contribution in [1.82, 2.24) is 9.61 Å². The summed E-state index contributed by atoms with van der Waals surface area (Å²) in [5.74, 6) is 0. The molecule has 0 bridgehead atoms. The summed E-state index contributed by atoms with van der Waals surface area (Å²) in [4.78, 5) is 0. The van der Waals surface area contributed by atoms with Gasteiger partial charge in [0.05, 0.1) is 17.4 Å². The average Bonchev–Trinajstić information content (AvgIpc) is 3.14. The number of fused-ring (bicyclic) bond motifs is 3. The van der Waals surface area contributed by atoms with Crippen LogP contribution in [0.1, 0.15) is 0 Å². The van der Waals surface area contributed by atoms with E-state index in [1.54, 1.807) is 0 Å². The van der Waals surface area contributed by atoms with Crippen LogP contribution in [0.5, 0.6) is 0 Å². The van der Waals surface area contributed by atoms with Crippen LogP contribution in [0.15, 0.2) is 91.1 Å². The Bertz CT molecular complexity index is 1220. The molecular weight excluding hydrogens is 340 g/mol. The van der Waals surface area contributed by atoms with E-state index >= 15 is 0 Å². The van der Waals surface area contributed by atoms with Crippen molar-refractivity contribution in [1.29, 1.82) is 0 Å². The Labute approximate surface area is 156 Å². The third-order valence-corrected chi connectivity index (χ3v) is 4.98. The zero-order valence-corrected chi connectivity index (χ0v) is 14.7. The first-order chi connectivity index (χ1) is 12.8. The fraction of sp³-hybridized carbons (Fsp3) is 0. The minimum absolute atomic E-state index is 0.736. The van der Waals surface area contributed by atoms with Crippen LogP contribution in [-0.2, 0) is 0 Å². The third-order valence-electron chi connectivity index (χ3n) is 4.73. The monoisotopic (exact) mass is 354 g/mol. The van der Waals surface area contributed by atoms with E-state index in [0.29, 0.717) is 0 Å². The molecule has 124 valence electrons. The predicted octanol–water partition coefficient (Wildman–Crippen LogP) is 6.47. The van der Waals surface area contributed by atoms with Crippen LogP contribution in [-0.4, -0.2) is 9.61 Å². The molecule has 0 amide bonds. The first-order valence-electron chi connectivity index (χ1n) is 8.52. The molecular formula is C23H15ClN2. The maximum Gasteiger partial charge on any atom is 0.0825 e. The highest BCUT2D eigenvalue weighted by Crippen LogP contribution is 2.34. The van der Waals surface area contributed by atoms with Gasteiger partial charge >= 0.3 is 0 Å². The number of halogens is 1. The summed E-state index contributed by atoms with van der Waals surface area (Å²) in [6.45, 7) is 0. The van der Waals surface area contributed by atoms with E-state index in [9.17, 15) is 0 Å². The molecule has 2 heterocycles. The molecule has 0 radical (unpaired) electrons. The van der Waals surface area contributed by atoms with E-state index in [0.717, 1.165) is 32.9 Å². The Morgan fingerprint density at radius 3 is 2.27 bits per heavy atom. The van der Waals surface area contributed by atoms with Gasteiger partial charge in [-0.3, -0.25) is 0 Å². The lowest BCUT2D eigenvalue weighted by molar-refractivity contribution is 0.975. The number of aromatic nitrogens is 2. The van der Waals surface area contributed by atoms with E-state index in [2.05, 4.69) is 54.6 Å². The second-order valence-electron chi connectivity index (χ2n) is 6.31. The molecule has 0 N–H and O–H groups in total. The summed E-state index contributed by atoms with van der Waals surface area (Å²) in [6, 6.07) is 29.0. The van der Waals surface area contributed by atoms with Crippen LogP contribution >= 0.6 is 11.6 Å². The highest BCUT2D eigenvalue weighted by Gasteiger charge is 2.14. The Kier molecular flexibility index (Phi) is 3.51. The third kappa shape index (κ3) is 2.39. The molecule has 0 aliphatic rings. The Morgan fingerprint density at radius 1 is 0.731 bits per heavy atom. The van der Waals surface area contributed by atoms with Crippen molar-refractivity contribution in [2.24, 2.45) is 0 Å². The second kappa shape index (κ2) is 6.01. The summed E-state index contributed by atoms with van der Waals surface area (Å²) in [5.41, 5.74) is 5.56. The smallest absolute Gasteiger partial charge is 0.0825 e. The standard InChI is InChI=1S/C23H15ClN2/c24-19-12-10-16(11-13-19)21-15-25-26-22(17-6-2-1-3-7-17)14-18-8-4-5-9-20(18)23(21)26/h1-15H. The van der Waals surface area contributed by atoms with Gasteiger partial charge in [0.25, 0.3) is 0 Å². The highest BCUT2D eigenvalue weighted by atomic mass is 35.5. The normalized spacial score (nSPS) is 11.3. The lowest BCUT2D eigenvalue weighted by atomic mass is 10.0. The van der Waals surface area contributed by atoms with Crippen LogP contribution < -0.4 is 0 Å². The average molecular weight is 355 g/mol. The summed E-state index contributed by atoms with van der Waals surface area (Å²) in [6.07, 6.45) is 1.94. The molecule has 5 rings (SSSR count). The summed E-state index contributed by atoms with van der Waals surface area (Å²) in [7, 11) is 0. The van der Waals surface area contributed by atoms with E-state index in [-0.39, 0.29) is 0 Å². The van der Waals surface area contributed by atoms with Gasteiger partial charge in [-0.25, -0.2) is 4.52 Å². The van der Waals surface area contributed by atoms with Crippen molar-refractivity contribution in [2.75, 3.05) is 0 Å². The zero-order valence-electron chi connectivity index (χ0n) is 13.9. The molecule has 0 atom stereocenters. The van der Waals surface area contributed by atoms with Crippen molar-refractivity contribution < 1.29 is 0 Å². The predicted molar refractivity (Wildman–Crippen MR) is 109 cm³/mol. The van der Waals surface area contributed by atoms with Gasteiger partial charge in [-0.05, 0) is 29.1 Å². The lowest BCUT2D eigenvalue weighted by Crippen LogP contribution is -1.95. The molecule has 2 nitrogen and oxygen atoms in total. The number of rotatable bonds is 2. The molecule has 3 aromatic carbocycles. The first kappa shape index (κ1) is 15.2. The SMILES string of the molecule is Clc1ccc(-c2cnn3c(-c4ccccc4)cc4ccccc4c23)cc1. The molecule has 0 unspecified atom stereocenters. The molecule has 0 spiro atoms. The van der Waals surface area contributed by atoms with Crippen LogP contribution in [0, 0.1) is 0 Å². The van der Waals surface area contributed by atoms with E-state index < -0.39 is 0 Å². The number of benzene rings is 3. The van der Waals surface area contributed by atoms with Gasteiger partial charge in [0, 0.05) is 21.5 Å². The van der Waals surface area contributed by atoms with Crippen molar-refractivity contribution in [3.05, 3.63) is 96.1 Å². The van der Waals surface area contributed by atoms with E-state index in [1.807, 2.05) is 41.0 Å². The van der Waals surface area contributed by atoms with Crippen molar-refractivity contribution in [3.63, 3.8) is 0 Å². The minimum atomic E-state index is 0.736. The largest absolute Gasteiger partial charge is 0.232 e. The van der Waals surface area contributed by atoms with Gasteiger partial charge < -0.3 is 0 Å². The topological polar surface area (TPSA) is 17.3 Å². The fourth-order valence-corrected chi connectivity index (χ4v) is 3.62.